The van der Waals surface area contributed by atoms with Crippen LogP contribution in [-0.2, 0) is 0 Å². The number of aryl methyl sites for hydroxylation is 1. The average molecular weight is 306 g/mol. The second-order valence-corrected chi connectivity index (χ2v) is 5.02. The number of nitrogens with one attached hydrogen (secondary N) is 1. The SMILES string of the molecule is Cc1ccc(OCCNc2ccc(Cl)cc2C(=O)O)cc1. The first kappa shape index (κ1) is 15.2. The first-order valence-electron chi connectivity index (χ1n) is 6.52. The second kappa shape index (κ2) is 6.99. The summed E-state index contributed by atoms with van der Waals surface area (Å²) in [6.45, 7) is 2.94. The Labute approximate surface area is 128 Å². The van der Waals surface area contributed by atoms with Crippen molar-refractivity contribution in [2.45, 2.75) is 6.92 Å². The summed E-state index contributed by atoms with van der Waals surface area (Å²) in [5.74, 6) is -0.226. The van der Waals surface area contributed by atoms with Gasteiger partial charge in [-0.15, -0.1) is 0 Å². The molecule has 0 radical (unpaired) electrons. The summed E-state index contributed by atoms with van der Waals surface area (Å²) in [5.41, 5.74) is 1.85. The molecule has 110 valence electrons. The fourth-order valence-corrected chi connectivity index (χ4v) is 2.01. The third-order valence-electron chi connectivity index (χ3n) is 2.92. The summed E-state index contributed by atoms with van der Waals surface area (Å²) < 4.78 is 5.57. The zero-order valence-electron chi connectivity index (χ0n) is 11.6. The van der Waals surface area contributed by atoms with Gasteiger partial charge in [-0.2, -0.15) is 0 Å². The zero-order chi connectivity index (χ0) is 15.2. The van der Waals surface area contributed by atoms with E-state index in [0.717, 1.165) is 5.75 Å². The van der Waals surface area contributed by atoms with E-state index in [0.29, 0.717) is 23.9 Å². The summed E-state index contributed by atoms with van der Waals surface area (Å²) in [5, 5.41) is 12.6. The third kappa shape index (κ3) is 4.39. The lowest BCUT2D eigenvalue weighted by molar-refractivity contribution is 0.0698. The van der Waals surface area contributed by atoms with E-state index in [9.17, 15) is 4.79 Å². The molecule has 0 saturated heterocycles. The number of hydrogen-bond donors (Lipinski definition) is 2. The predicted molar refractivity (Wildman–Crippen MR) is 83.6 cm³/mol. The molecule has 0 aliphatic heterocycles. The van der Waals surface area contributed by atoms with E-state index in [-0.39, 0.29) is 5.56 Å². The summed E-state index contributed by atoms with van der Waals surface area (Å²) in [6.07, 6.45) is 0. The Morgan fingerprint density at radius 3 is 2.62 bits per heavy atom. The number of hydrogen-bond acceptors (Lipinski definition) is 3. The van der Waals surface area contributed by atoms with E-state index < -0.39 is 5.97 Å². The van der Waals surface area contributed by atoms with Crippen molar-refractivity contribution < 1.29 is 14.6 Å². The Morgan fingerprint density at radius 1 is 1.24 bits per heavy atom. The Bertz CT molecular complexity index is 626. The molecule has 0 heterocycles. The number of aromatic carboxylic acids is 1. The lowest BCUT2D eigenvalue weighted by Gasteiger charge is -2.11. The minimum Gasteiger partial charge on any atom is -0.492 e. The molecule has 0 atom stereocenters. The largest absolute Gasteiger partial charge is 0.492 e. The first-order chi connectivity index (χ1) is 10.1. The molecular formula is C16H16ClNO3. The number of carboxylic acid groups (broad SMARTS) is 1. The van der Waals surface area contributed by atoms with Crippen molar-refractivity contribution >= 4 is 23.3 Å². The maximum Gasteiger partial charge on any atom is 0.337 e. The second-order valence-electron chi connectivity index (χ2n) is 4.58. The molecule has 2 rings (SSSR count). The van der Waals surface area contributed by atoms with Gasteiger partial charge < -0.3 is 15.2 Å². The number of carbonyl (C=O) groups is 1. The summed E-state index contributed by atoms with van der Waals surface area (Å²) in [4.78, 5) is 11.1. The number of halogens is 1. The van der Waals surface area contributed by atoms with Gasteiger partial charge in [0.2, 0.25) is 0 Å². The monoisotopic (exact) mass is 305 g/mol. The average Bonchev–Trinajstić information content (AvgIpc) is 2.46. The number of carboxylic acids is 1. The topological polar surface area (TPSA) is 58.6 Å². The van der Waals surface area contributed by atoms with Crippen LogP contribution in [0.4, 0.5) is 5.69 Å². The van der Waals surface area contributed by atoms with Crippen LogP contribution >= 0.6 is 11.6 Å². The van der Waals surface area contributed by atoms with Crippen LogP contribution in [0.15, 0.2) is 42.5 Å². The molecule has 5 heteroatoms. The molecule has 0 saturated carbocycles. The molecule has 0 aliphatic carbocycles. The van der Waals surface area contributed by atoms with Crippen molar-refractivity contribution in [3.8, 4) is 5.75 Å². The Balaban J connectivity index is 1.89. The summed E-state index contributed by atoms with van der Waals surface area (Å²) >= 11 is 5.80. The van der Waals surface area contributed by atoms with E-state index in [1.807, 2.05) is 31.2 Å². The number of ether oxygens (including phenoxy) is 1. The number of anilines is 1. The van der Waals surface area contributed by atoms with Gasteiger partial charge >= 0.3 is 5.97 Å². The van der Waals surface area contributed by atoms with Gasteiger partial charge in [-0.05, 0) is 37.3 Å². The summed E-state index contributed by atoms with van der Waals surface area (Å²) in [7, 11) is 0. The van der Waals surface area contributed by atoms with Crippen LogP contribution in [0.25, 0.3) is 0 Å². The van der Waals surface area contributed by atoms with Crippen molar-refractivity contribution in [1.82, 2.24) is 0 Å². The molecule has 2 N–H and O–H groups in total. The van der Waals surface area contributed by atoms with Gasteiger partial charge in [0.15, 0.2) is 0 Å². The quantitative estimate of drug-likeness (QED) is 0.796. The van der Waals surface area contributed by atoms with Gasteiger partial charge in [0, 0.05) is 17.3 Å². The van der Waals surface area contributed by atoms with Gasteiger partial charge in [0.25, 0.3) is 0 Å². The molecule has 4 nitrogen and oxygen atoms in total. The molecule has 0 unspecified atom stereocenters. The highest BCUT2D eigenvalue weighted by atomic mass is 35.5. The Kier molecular flexibility index (Phi) is 5.06. The van der Waals surface area contributed by atoms with Crippen molar-refractivity contribution in [1.29, 1.82) is 0 Å². The predicted octanol–water partition coefficient (Wildman–Crippen LogP) is 3.84. The number of rotatable bonds is 6. The fourth-order valence-electron chi connectivity index (χ4n) is 1.84. The lowest BCUT2D eigenvalue weighted by atomic mass is 10.2. The molecule has 0 fully saturated rings. The molecular weight excluding hydrogens is 290 g/mol. The van der Waals surface area contributed by atoms with Gasteiger partial charge in [0.05, 0.1) is 5.56 Å². The molecule has 21 heavy (non-hydrogen) atoms. The minimum absolute atomic E-state index is 0.151. The molecule has 0 bridgehead atoms. The highest BCUT2D eigenvalue weighted by Crippen LogP contribution is 2.20. The van der Waals surface area contributed by atoms with Crippen molar-refractivity contribution in [3.05, 3.63) is 58.6 Å². The molecule has 2 aromatic rings. The molecule has 0 amide bonds. The highest BCUT2D eigenvalue weighted by molar-refractivity contribution is 6.31. The molecule has 0 spiro atoms. The first-order valence-corrected chi connectivity index (χ1v) is 6.90. The third-order valence-corrected chi connectivity index (χ3v) is 3.15. The smallest absolute Gasteiger partial charge is 0.337 e. The maximum atomic E-state index is 11.1. The van der Waals surface area contributed by atoms with Gasteiger partial charge in [-0.25, -0.2) is 4.79 Å². The van der Waals surface area contributed by atoms with Crippen LogP contribution in [0, 0.1) is 6.92 Å². The Hall–Kier alpha value is -2.20. The van der Waals surface area contributed by atoms with Crippen LogP contribution in [0.1, 0.15) is 15.9 Å². The van der Waals surface area contributed by atoms with Gasteiger partial charge in [0.1, 0.15) is 12.4 Å². The fraction of sp³-hybridized carbons (Fsp3) is 0.188. The van der Waals surface area contributed by atoms with Crippen molar-refractivity contribution in [3.63, 3.8) is 0 Å². The molecule has 2 aromatic carbocycles. The minimum atomic E-state index is -1.01. The van der Waals surface area contributed by atoms with E-state index in [2.05, 4.69) is 5.32 Å². The Morgan fingerprint density at radius 2 is 1.95 bits per heavy atom. The summed E-state index contributed by atoms with van der Waals surface area (Å²) in [6, 6.07) is 12.5. The van der Waals surface area contributed by atoms with Crippen LogP contribution in [0.3, 0.4) is 0 Å². The van der Waals surface area contributed by atoms with Crippen LogP contribution in [0.5, 0.6) is 5.75 Å². The van der Waals surface area contributed by atoms with E-state index in [4.69, 9.17) is 21.4 Å². The standard InChI is InChI=1S/C16H16ClNO3/c1-11-2-5-13(6-3-11)21-9-8-18-15-7-4-12(17)10-14(15)16(19)20/h2-7,10,18H,8-9H2,1H3,(H,19,20). The van der Waals surface area contributed by atoms with E-state index in [1.165, 1.54) is 11.6 Å². The van der Waals surface area contributed by atoms with E-state index in [1.54, 1.807) is 12.1 Å². The number of benzene rings is 2. The normalized spacial score (nSPS) is 10.2. The zero-order valence-corrected chi connectivity index (χ0v) is 12.4. The molecule has 0 aliphatic rings. The van der Waals surface area contributed by atoms with Crippen LogP contribution in [0.2, 0.25) is 5.02 Å². The van der Waals surface area contributed by atoms with Crippen molar-refractivity contribution in [2.24, 2.45) is 0 Å². The lowest BCUT2D eigenvalue weighted by Crippen LogP contribution is -2.14. The van der Waals surface area contributed by atoms with E-state index >= 15 is 0 Å². The van der Waals surface area contributed by atoms with Gasteiger partial charge in [-0.1, -0.05) is 29.3 Å². The van der Waals surface area contributed by atoms with Crippen LogP contribution in [-0.4, -0.2) is 24.2 Å². The maximum absolute atomic E-state index is 11.1. The highest BCUT2D eigenvalue weighted by Gasteiger charge is 2.10. The van der Waals surface area contributed by atoms with Crippen molar-refractivity contribution in [2.75, 3.05) is 18.5 Å². The molecule has 0 aromatic heterocycles. The van der Waals surface area contributed by atoms with Gasteiger partial charge in [-0.3, -0.25) is 0 Å². The van der Waals surface area contributed by atoms with Crippen LogP contribution < -0.4 is 10.1 Å².